The fourth-order valence-electron chi connectivity index (χ4n) is 2.66. The van der Waals surface area contributed by atoms with Crippen LogP contribution in [0.4, 0.5) is 10.1 Å². The van der Waals surface area contributed by atoms with Crippen LogP contribution < -0.4 is 4.72 Å². The summed E-state index contributed by atoms with van der Waals surface area (Å²) in [6.45, 7) is 1.54. The molecule has 3 rings (SSSR count). The number of rotatable bonds is 5. The SMILES string of the molecule is CC1(S(=O)(=O)n2ccc(S(=O)(=O)Nc3ccc(C#N)cc3F)c2)C=CC(Br)=CC1. The van der Waals surface area contributed by atoms with Crippen LogP contribution in [-0.2, 0) is 20.0 Å². The van der Waals surface area contributed by atoms with Crippen LogP contribution in [0.5, 0.6) is 0 Å². The Bertz CT molecular complexity index is 1290. The highest BCUT2D eigenvalue weighted by atomic mass is 79.9. The summed E-state index contributed by atoms with van der Waals surface area (Å²) in [4.78, 5) is -0.343. The Morgan fingerprint density at radius 1 is 1.28 bits per heavy atom. The molecule has 1 aromatic carbocycles. The van der Waals surface area contributed by atoms with Gasteiger partial charge in [0.25, 0.3) is 10.0 Å². The third-order valence-corrected chi connectivity index (χ3v) is 8.66. The minimum absolute atomic E-state index is 0.0390. The molecule has 1 atom stereocenters. The normalized spacial score (nSPS) is 19.4. The van der Waals surface area contributed by atoms with E-state index in [0.717, 1.165) is 39.0 Å². The van der Waals surface area contributed by atoms with Crippen molar-refractivity contribution in [3.8, 4) is 6.07 Å². The second kappa shape index (κ2) is 7.44. The molecule has 0 saturated heterocycles. The van der Waals surface area contributed by atoms with E-state index in [9.17, 15) is 21.2 Å². The summed E-state index contributed by atoms with van der Waals surface area (Å²) in [5, 5.41) is 8.76. The number of sulfonamides is 1. The van der Waals surface area contributed by atoms with Crippen molar-refractivity contribution in [3.05, 3.63) is 70.8 Å². The highest BCUT2D eigenvalue weighted by Gasteiger charge is 2.39. The first-order valence-electron chi connectivity index (χ1n) is 8.19. The van der Waals surface area contributed by atoms with E-state index < -0.39 is 30.6 Å². The number of anilines is 1. The number of nitrogens with one attached hydrogen (secondary N) is 1. The summed E-state index contributed by atoms with van der Waals surface area (Å²) in [6.07, 6.45) is 7.18. The maximum absolute atomic E-state index is 14.0. The molecule has 0 fully saturated rings. The Kier molecular flexibility index (Phi) is 5.46. The molecule has 7 nitrogen and oxygen atoms in total. The Balaban J connectivity index is 1.91. The molecule has 2 aromatic rings. The van der Waals surface area contributed by atoms with Crippen LogP contribution in [-0.4, -0.2) is 25.6 Å². The van der Waals surface area contributed by atoms with Crippen molar-refractivity contribution in [2.75, 3.05) is 4.72 Å². The predicted octanol–water partition coefficient (Wildman–Crippen LogP) is 3.47. The minimum Gasteiger partial charge on any atom is -0.277 e. The van der Waals surface area contributed by atoms with Crippen molar-refractivity contribution >= 4 is 41.7 Å². The second-order valence-corrected chi connectivity index (χ2v) is 11.4. The van der Waals surface area contributed by atoms with Gasteiger partial charge in [-0.2, -0.15) is 5.26 Å². The number of hydrogen-bond donors (Lipinski definition) is 1. The number of aromatic nitrogens is 1. The fraction of sp³-hybridized carbons (Fsp3) is 0.167. The summed E-state index contributed by atoms with van der Waals surface area (Å²) in [6, 6.07) is 6.14. The third-order valence-electron chi connectivity index (χ3n) is 4.46. The molecule has 1 unspecified atom stereocenters. The van der Waals surface area contributed by atoms with E-state index in [1.807, 2.05) is 0 Å². The summed E-state index contributed by atoms with van der Waals surface area (Å²) in [5.74, 6) is -0.920. The van der Waals surface area contributed by atoms with Gasteiger partial charge >= 0.3 is 0 Å². The first-order valence-corrected chi connectivity index (χ1v) is 11.9. The van der Waals surface area contributed by atoms with Gasteiger partial charge in [0.15, 0.2) is 0 Å². The number of benzene rings is 1. The molecule has 1 aromatic heterocycles. The van der Waals surface area contributed by atoms with Crippen molar-refractivity contribution in [2.45, 2.75) is 23.0 Å². The molecular weight excluding hydrogens is 485 g/mol. The average molecular weight is 500 g/mol. The Labute approximate surface area is 176 Å². The molecule has 1 N–H and O–H groups in total. The molecule has 1 aliphatic carbocycles. The van der Waals surface area contributed by atoms with E-state index in [0.29, 0.717) is 0 Å². The lowest BCUT2D eigenvalue weighted by Crippen LogP contribution is -2.37. The number of hydrogen-bond acceptors (Lipinski definition) is 5. The van der Waals surface area contributed by atoms with E-state index in [1.54, 1.807) is 18.2 Å². The number of allylic oxidation sites excluding steroid dienone is 3. The zero-order valence-corrected chi connectivity index (χ0v) is 18.2. The van der Waals surface area contributed by atoms with Crippen LogP contribution in [0.2, 0.25) is 0 Å². The molecule has 0 aliphatic heterocycles. The molecule has 0 saturated carbocycles. The molecule has 0 amide bonds. The molecule has 0 bridgehead atoms. The lowest BCUT2D eigenvalue weighted by atomic mass is 10.0. The van der Waals surface area contributed by atoms with Gasteiger partial charge in [-0.3, -0.25) is 8.69 Å². The monoisotopic (exact) mass is 499 g/mol. The van der Waals surface area contributed by atoms with Crippen LogP contribution in [0, 0.1) is 17.1 Å². The summed E-state index contributed by atoms with van der Waals surface area (Å²) >= 11 is 3.28. The minimum atomic E-state index is -4.25. The van der Waals surface area contributed by atoms with E-state index in [2.05, 4.69) is 20.7 Å². The fourth-order valence-corrected chi connectivity index (χ4v) is 5.58. The lowest BCUT2D eigenvalue weighted by molar-refractivity contribution is 0.553. The summed E-state index contributed by atoms with van der Waals surface area (Å²) < 4.78 is 67.6. The highest BCUT2D eigenvalue weighted by molar-refractivity contribution is 9.11. The number of nitrogens with zero attached hydrogens (tertiary/aromatic N) is 2. The van der Waals surface area contributed by atoms with E-state index >= 15 is 0 Å². The quantitative estimate of drug-likeness (QED) is 0.677. The Morgan fingerprint density at radius 2 is 2.00 bits per heavy atom. The maximum atomic E-state index is 14.0. The molecule has 29 heavy (non-hydrogen) atoms. The molecule has 152 valence electrons. The van der Waals surface area contributed by atoms with Gasteiger partial charge in [-0.15, -0.1) is 0 Å². The average Bonchev–Trinajstić information content (AvgIpc) is 3.17. The zero-order chi connectivity index (χ0) is 21.4. The topological polar surface area (TPSA) is 109 Å². The van der Waals surface area contributed by atoms with Gasteiger partial charge in [-0.25, -0.2) is 21.2 Å². The standard InChI is InChI=1S/C18H15BrFN3O4S2/c1-18(7-4-14(19)5-8-18)29(26,27)23-9-6-15(12-23)28(24,25)22-17-3-2-13(11-21)10-16(17)20/h2-7,9-10,12,22H,8H2,1H3. The van der Waals surface area contributed by atoms with Gasteiger partial charge in [-0.05, 0) is 37.6 Å². The molecule has 1 aliphatic rings. The van der Waals surface area contributed by atoms with Gasteiger partial charge in [0.1, 0.15) is 15.5 Å². The maximum Gasteiger partial charge on any atom is 0.263 e. The highest BCUT2D eigenvalue weighted by Crippen LogP contribution is 2.32. The Morgan fingerprint density at radius 3 is 2.59 bits per heavy atom. The van der Waals surface area contributed by atoms with Crippen molar-refractivity contribution in [2.24, 2.45) is 0 Å². The molecule has 11 heteroatoms. The first-order chi connectivity index (χ1) is 13.5. The van der Waals surface area contributed by atoms with Crippen molar-refractivity contribution < 1.29 is 21.2 Å². The first kappa shape index (κ1) is 21.3. The smallest absolute Gasteiger partial charge is 0.263 e. The van der Waals surface area contributed by atoms with Gasteiger partial charge < -0.3 is 0 Å². The largest absolute Gasteiger partial charge is 0.277 e. The van der Waals surface area contributed by atoms with E-state index in [4.69, 9.17) is 5.26 Å². The molecule has 0 radical (unpaired) electrons. The van der Waals surface area contributed by atoms with E-state index in [1.165, 1.54) is 19.1 Å². The third kappa shape index (κ3) is 4.01. The van der Waals surface area contributed by atoms with Crippen LogP contribution >= 0.6 is 15.9 Å². The zero-order valence-electron chi connectivity index (χ0n) is 15.0. The number of halogens is 2. The van der Waals surface area contributed by atoms with Crippen LogP contribution in [0.25, 0.3) is 0 Å². The van der Waals surface area contributed by atoms with Gasteiger partial charge in [0, 0.05) is 16.9 Å². The molecular formula is C18H15BrFN3O4S2. The second-order valence-electron chi connectivity index (χ2n) is 6.53. The lowest BCUT2D eigenvalue weighted by Gasteiger charge is -2.27. The van der Waals surface area contributed by atoms with Gasteiger partial charge in [0.2, 0.25) is 10.0 Å². The summed E-state index contributed by atoms with van der Waals surface area (Å²) in [7, 11) is -8.20. The van der Waals surface area contributed by atoms with Crippen molar-refractivity contribution in [3.63, 3.8) is 0 Å². The Hall–Kier alpha value is -2.42. The van der Waals surface area contributed by atoms with Crippen molar-refractivity contribution in [1.29, 1.82) is 5.26 Å². The molecule has 1 heterocycles. The van der Waals surface area contributed by atoms with Crippen LogP contribution in [0.3, 0.4) is 0 Å². The van der Waals surface area contributed by atoms with Gasteiger partial charge in [-0.1, -0.05) is 34.2 Å². The summed E-state index contributed by atoms with van der Waals surface area (Å²) in [5.41, 5.74) is -0.311. The van der Waals surface area contributed by atoms with Crippen LogP contribution in [0.1, 0.15) is 18.9 Å². The van der Waals surface area contributed by atoms with Crippen molar-refractivity contribution in [1.82, 2.24) is 3.97 Å². The van der Waals surface area contributed by atoms with Gasteiger partial charge in [0.05, 0.1) is 17.3 Å². The number of nitriles is 1. The van der Waals surface area contributed by atoms with E-state index in [-0.39, 0.29) is 22.6 Å². The predicted molar refractivity (Wildman–Crippen MR) is 110 cm³/mol. The van der Waals surface area contributed by atoms with Crippen LogP contribution in [0.15, 0.2) is 64.3 Å². The molecule has 0 spiro atoms.